The van der Waals surface area contributed by atoms with Crippen LogP contribution in [-0.2, 0) is 0 Å². The summed E-state index contributed by atoms with van der Waals surface area (Å²) in [5.74, 6) is 0.805. The Kier molecular flexibility index (Phi) is 7.87. The molecule has 3 heteroatoms. The number of nitrogens with one attached hydrogen (secondary N) is 1. The van der Waals surface area contributed by atoms with Gasteiger partial charge in [-0.15, -0.1) is 0 Å². The third kappa shape index (κ3) is 6.17. The first-order chi connectivity index (χ1) is 8.63. The summed E-state index contributed by atoms with van der Waals surface area (Å²) in [5.41, 5.74) is 0. The number of likely N-dealkylation sites (tertiary alicyclic amines) is 1. The van der Waals surface area contributed by atoms with Gasteiger partial charge in [-0.2, -0.15) is 0 Å². The van der Waals surface area contributed by atoms with Crippen LogP contribution in [0.4, 0.5) is 0 Å². The van der Waals surface area contributed by atoms with Crippen molar-refractivity contribution in [3.63, 3.8) is 0 Å². The van der Waals surface area contributed by atoms with E-state index in [1.54, 1.807) is 0 Å². The molecule has 1 rings (SSSR count). The van der Waals surface area contributed by atoms with Gasteiger partial charge in [-0.3, -0.25) is 0 Å². The maximum absolute atomic E-state index is 3.40. The molecule has 0 bridgehead atoms. The van der Waals surface area contributed by atoms with Crippen molar-refractivity contribution in [1.29, 1.82) is 0 Å². The van der Waals surface area contributed by atoms with Crippen LogP contribution in [0.3, 0.4) is 0 Å². The molecule has 108 valence electrons. The molecule has 0 unspecified atom stereocenters. The van der Waals surface area contributed by atoms with E-state index in [4.69, 9.17) is 0 Å². The minimum Gasteiger partial charge on any atom is -0.317 e. The molecule has 0 aromatic carbocycles. The zero-order valence-corrected chi connectivity index (χ0v) is 12.9. The summed E-state index contributed by atoms with van der Waals surface area (Å²) in [6.07, 6.45) is 3.98. The molecule has 0 aromatic rings. The van der Waals surface area contributed by atoms with Crippen LogP contribution >= 0.6 is 0 Å². The molecule has 0 aromatic heterocycles. The lowest BCUT2D eigenvalue weighted by Crippen LogP contribution is -2.44. The highest BCUT2D eigenvalue weighted by Gasteiger charge is 2.22. The predicted molar refractivity (Wildman–Crippen MR) is 80.1 cm³/mol. The van der Waals surface area contributed by atoms with Crippen molar-refractivity contribution in [3.8, 4) is 0 Å². The van der Waals surface area contributed by atoms with Crippen LogP contribution in [0.2, 0.25) is 0 Å². The summed E-state index contributed by atoms with van der Waals surface area (Å²) < 4.78 is 0. The molecule has 3 nitrogen and oxygen atoms in total. The lowest BCUT2D eigenvalue weighted by Gasteiger charge is -2.37. The van der Waals surface area contributed by atoms with Gasteiger partial charge in [0, 0.05) is 12.6 Å². The largest absolute Gasteiger partial charge is 0.317 e. The minimum atomic E-state index is 0.805. The Morgan fingerprint density at radius 2 is 1.94 bits per heavy atom. The molecule has 0 amide bonds. The third-order valence-corrected chi connectivity index (χ3v) is 3.92. The summed E-state index contributed by atoms with van der Waals surface area (Å²) >= 11 is 0. The summed E-state index contributed by atoms with van der Waals surface area (Å²) in [4.78, 5) is 5.21. The highest BCUT2D eigenvalue weighted by Crippen LogP contribution is 2.16. The first-order valence-electron chi connectivity index (χ1n) is 7.76. The molecule has 18 heavy (non-hydrogen) atoms. The topological polar surface area (TPSA) is 18.5 Å². The van der Waals surface area contributed by atoms with Crippen LogP contribution < -0.4 is 5.32 Å². The smallest absolute Gasteiger partial charge is 0.0117 e. The van der Waals surface area contributed by atoms with Crippen LogP contribution in [-0.4, -0.2) is 62.2 Å². The first-order valence-corrected chi connectivity index (χ1v) is 7.76. The van der Waals surface area contributed by atoms with E-state index >= 15 is 0 Å². The van der Waals surface area contributed by atoms with E-state index in [2.05, 4.69) is 42.9 Å². The average molecular weight is 255 g/mol. The van der Waals surface area contributed by atoms with E-state index in [-0.39, 0.29) is 0 Å². The van der Waals surface area contributed by atoms with Crippen LogP contribution in [0.5, 0.6) is 0 Å². The fourth-order valence-electron chi connectivity index (χ4n) is 2.87. The number of rotatable bonds is 8. The maximum atomic E-state index is 3.40. The molecule has 0 aliphatic carbocycles. The van der Waals surface area contributed by atoms with Crippen molar-refractivity contribution < 1.29 is 0 Å². The zero-order chi connectivity index (χ0) is 13.4. The molecule has 1 heterocycles. The van der Waals surface area contributed by atoms with Crippen molar-refractivity contribution >= 4 is 0 Å². The molecule has 1 aliphatic rings. The number of hydrogen-bond donors (Lipinski definition) is 1. The van der Waals surface area contributed by atoms with Gasteiger partial charge in [0.25, 0.3) is 0 Å². The summed E-state index contributed by atoms with van der Waals surface area (Å²) in [7, 11) is 2.30. The van der Waals surface area contributed by atoms with Gasteiger partial charge in [0.15, 0.2) is 0 Å². The second kappa shape index (κ2) is 8.89. The second-order valence-corrected chi connectivity index (χ2v) is 6.11. The predicted octanol–water partition coefficient (Wildman–Crippen LogP) is 2.04. The lowest BCUT2D eigenvalue weighted by atomic mass is 10.0. The lowest BCUT2D eigenvalue weighted by molar-refractivity contribution is 0.119. The Morgan fingerprint density at radius 3 is 2.50 bits per heavy atom. The van der Waals surface area contributed by atoms with Crippen LogP contribution in [0, 0.1) is 5.92 Å². The van der Waals surface area contributed by atoms with Crippen molar-refractivity contribution in [3.05, 3.63) is 0 Å². The number of hydrogen-bond acceptors (Lipinski definition) is 3. The van der Waals surface area contributed by atoms with E-state index in [1.165, 1.54) is 45.4 Å². The minimum absolute atomic E-state index is 0.805. The van der Waals surface area contributed by atoms with E-state index in [0.29, 0.717) is 0 Å². The standard InChI is InChI=1S/C15H33N3/c1-5-16-9-6-10-17(4)15-7-11-18(12-8-15)13-14(2)3/h14-16H,5-13H2,1-4H3. The number of nitrogens with zero attached hydrogens (tertiary/aromatic N) is 2. The maximum Gasteiger partial charge on any atom is 0.0117 e. The molecule has 0 radical (unpaired) electrons. The van der Waals surface area contributed by atoms with Crippen molar-refractivity contribution in [2.45, 2.75) is 46.1 Å². The van der Waals surface area contributed by atoms with Crippen LogP contribution in [0.1, 0.15) is 40.0 Å². The molecule has 1 N–H and O–H groups in total. The molecular formula is C15H33N3. The molecule has 0 saturated carbocycles. The van der Waals surface area contributed by atoms with Crippen LogP contribution in [0.25, 0.3) is 0 Å². The Labute approximate surface area is 114 Å². The van der Waals surface area contributed by atoms with E-state index in [1.807, 2.05) is 0 Å². The number of piperidine rings is 1. The van der Waals surface area contributed by atoms with Crippen molar-refractivity contribution in [1.82, 2.24) is 15.1 Å². The fourth-order valence-corrected chi connectivity index (χ4v) is 2.87. The molecule has 1 fully saturated rings. The normalized spacial score (nSPS) is 19.0. The van der Waals surface area contributed by atoms with E-state index < -0.39 is 0 Å². The Morgan fingerprint density at radius 1 is 1.28 bits per heavy atom. The Balaban J connectivity index is 2.13. The highest BCUT2D eigenvalue weighted by molar-refractivity contribution is 4.78. The third-order valence-electron chi connectivity index (χ3n) is 3.92. The van der Waals surface area contributed by atoms with Gasteiger partial charge in [-0.05, 0) is 65.0 Å². The van der Waals surface area contributed by atoms with Gasteiger partial charge in [0.05, 0.1) is 0 Å². The first kappa shape index (κ1) is 15.9. The molecule has 1 saturated heterocycles. The average Bonchev–Trinajstić information content (AvgIpc) is 2.34. The summed E-state index contributed by atoms with van der Waals surface area (Å²) in [5, 5.41) is 3.40. The zero-order valence-electron chi connectivity index (χ0n) is 12.9. The van der Waals surface area contributed by atoms with E-state index in [9.17, 15) is 0 Å². The molecule has 0 atom stereocenters. The van der Waals surface area contributed by atoms with Gasteiger partial charge < -0.3 is 15.1 Å². The van der Waals surface area contributed by atoms with Crippen molar-refractivity contribution in [2.24, 2.45) is 5.92 Å². The monoisotopic (exact) mass is 255 g/mol. The Hall–Kier alpha value is -0.120. The quantitative estimate of drug-likeness (QED) is 0.670. The molecular weight excluding hydrogens is 222 g/mol. The van der Waals surface area contributed by atoms with Crippen LogP contribution in [0.15, 0.2) is 0 Å². The van der Waals surface area contributed by atoms with Gasteiger partial charge in [0.2, 0.25) is 0 Å². The van der Waals surface area contributed by atoms with Gasteiger partial charge >= 0.3 is 0 Å². The Bertz CT molecular complexity index is 198. The SMILES string of the molecule is CCNCCCN(C)C1CCN(CC(C)C)CC1. The van der Waals surface area contributed by atoms with Gasteiger partial charge in [-0.25, -0.2) is 0 Å². The van der Waals surface area contributed by atoms with Gasteiger partial charge in [0.1, 0.15) is 0 Å². The fraction of sp³-hybridized carbons (Fsp3) is 1.00. The van der Waals surface area contributed by atoms with Crippen molar-refractivity contribution in [2.75, 3.05) is 46.3 Å². The summed E-state index contributed by atoms with van der Waals surface area (Å²) in [6.45, 7) is 14.2. The highest BCUT2D eigenvalue weighted by atomic mass is 15.2. The van der Waals surface area contributed by atoms with E-state index in [0.717, 1.165) is 25.0 Å². The second-order valence-electron chi connectivity index (χ2n) is 6.11. The summed E-state index contributed by atoms with van der Waals surface area (Å²) in [6, 6.07) is 0.815. The molecule has 1 aliphatic heterocycles. The molecule has 0 spiro atoms. The van der Waals surface area contributed by atoms with Gasteiger partial charge in [-0.1, -0.05) is 20.8 Å².